The Balaban J connectivity index is 2.08. The molecule has 0 saturated carbocycles. The molecule has 0 aliphatic carbocycles. The van der Waals surface area contributed by atoms with Gasteiger partial charge in [-0.3, -0.25) is 0 Å². The lowest BCUT2D eigenvalue weighted by Crippen LogP contribution is -2.33. The van der Waals surface area contributed by atoms with E-state index in [2.05, 4.69) is 0 Å². The average molecular weight is 538 g/mol. The number of hydrogen-bond acceptors (Lipinski definition) is 9. The van der Waals surface area contributed by atoms with Gasteiger partial charge in [0.25, 0.3) is 0 Å². The Morgan fingerprint density at radius 1 is 0.865 bits per heavy atom. The number of nitrogens with two attached hydrogens (primary N) is 1. The molecule has 4 atom stereocenters. The molecule has 206 valence electrons. The average Bonchev–Trinajstić information content (AvgIpc) is 3.26. The van der Waals surface area contributed by atoms with Crippen LogP contribution in [0.25, 0.3) is 0 Å². The first-order chi connectivity index (χ1) is 17.8. The summed E-state index contributed by atoms with van der Waals surface area (Å²) in [4.78, 5) is 0.220. The first kappa shape index (κ1) is 29.2. The number of hydrogen-bond donors (Lipinski definition) is 1. The highest BCUT2D eigenvalue weighted by atomic mass is 32.2. The molecule has 4 unspecified atom stereocenters. The standard InChI is InChI=1S/C27H39NO8S/c1-6-13-34-27-24(19-16-21(31-2)25(33-4)22(17-19)32-3)36-23(26(27)35-14-8-7-12-28)18-10-9-11-20(15-18)37(5,29)30/h9-11,15-17,23-24,26-27H,6-8,12-14,28H2,1-5H3. The molecule has 0 amide bonds. The molecule has 2 aromatic carbocycles. The van der Waals surface area contributed by atoms with Gasteiger partial charge >= 0.3 is 0 Å². The van der Waals surface area contributed by atoms with Crippen molar-refractivity contribution in [3.63, 3.8) is 0 Å². The normalized spacial score (nSPS) is 21.7. The SMILES string of the molecule is CCCOC1C(c2cc(OC)c(OC)c(OC)c2)OC(c2cccc(S(C)(=O)=O)c2)C1OCCCCN. The molecule has 1 aliphatic heterocycles. The first-order valence-electron chi connectivity index (χ1n) is 12.5. The second-order valence-corrected chi connectivity index (χ2v) is 11.0. The van der Waals surface area contributed by atoms with Gasteiger partial charge in [0.1, 0.15) is 24.4 Å². The van der Waals surface area contributed by atoms with E-state index in [1.54, 1.807) is 39.5 Å². The van der Waals surface area contributed by atoms with Gasteiger partial charge in [0.05, 0.1) is 26.2 Å². The van der Waals surface area contributed by atoms with Crippen LogP contribution in [0.3, 0.4) is 0 Å². The van der Waals surface area contributed by atoms with Crippen LogP contribution in [-0.4, -0.2) is 68.0 Å². The van der Waals surface area contributed by atoms with Gasteiger partial charge in [-0.1, -0.05) is 19.1 Å². The molecule has 1 aliphatic rings. The maximum atomic E-state index is 12.3. The lowest BCUT2D eigenvalue weighted by atomic mass is 9.97. The Morgan fingerprint density at radius 3 is 2.03 bits per heavy atom. The van der Waals surface area contributed by atoms with Gasteiger partial charge in [0.15, 0.2) is 21.3 Å². The van der Waals surface area contributed by atoms with Crippen molar-refractivity contribution < 1.29 is 36.8 Å². The Kier molecular flexibility index (Phi) is 10.6. The van der Waals surface area contributed by atoms with E-state index in [0.717, 1.165) is 24.8 Å². The number of unbranched alkanes of at least 4 members (excludes halogenated alkanes) is 1. The van der Waals surface area contributed by atoms with Crippen LogP contribution in [0, 0.1) is 0 Å². The summed E-state index contributed by atoms with van der Waals surface area (Å²) in [5.41, 5.74) is 7.14. The molecule has 0 bridgehead atoms. The lowest BCUT2D eigenvalue weighted by molar-refractivity contribution is -0.0679. The minimum absolute atomic E-state index is 0.220. The molecular weight excluding hydrogens is 498 g/mol. The number of benzene rings is 2. The molecule has 0 spiro atoms. The molecule has 3 rings (SSSR count). The van der Waals surface area contributed by atoms with E-state index in [-0.39, 0.29) is 4.90 Å². The van der Waals surface area contributed by atoms with E-state index in [1.165, 1.54) is 6.26 Å². The van der Waals surface area contributed by atoms with Crippen LogP contribution < -0.4 is 19.9 Å². The van der Waals surface area contributed by atoms with Crippen LogP contribution in [0.1, 0.15) is 49.5 Å². The molecule has 1 fully saturated rings. The third-order valence-corrected chi connectivity index (χ3v) is 7.38. The summed E-state index contributed by atoms with van der Waals surface area (Å²) in [7, 11) is 1.27. The molecule has 0 aromatic heterocycles. The van der Waals surface area contributed by atoms with Crippen LogP contribution in [0.15, 0.2) is 41.3 Å². The summed E-state index contributed by atoms with van der Waals surface area (Å²) in [6, 6.07) is 10.5. The Morgan fingerprint density at radius 2 is 1.49 bits per heavy atom. The van der Waals surface area contributed by atoms with Crippen LogP contribution >= 0.6 is 0 Å². The fraction of sp³-hybridized carbons (Fsp3) is 0.556. The maximum Gasteiger partial charge on any atom is 0.203 e. The molecule has 9 nitrogen and oxygen atoms in total. The summed E-state index contributed by atoms with van der Waals surface area (Å²) in [5.74, 6) is 1.47. The third kappa shape index (κ3) is 6.94. The van der Waals surface area contributed by atoms with Crippen molar-refractivity contribution in [1.82, 2.24) is 0 Å². The summed E-state index contributed by atoms with van der Waals surface area (Å²) in [6.45, 7) is 3.60. The molecular formula is C27H39NO8S. The maximum absolute atomic E-state index is 12.3. The van der Waals surface area contributed by atoms with E-state index in [1.807, 2.05) is 25.1 Å². The zero-order valence-electron chi connectivity index (χ0n) is 22.3. The molecule has 2 N–H and O–H groups in total. The Labute approximate surface area is 220 Å². The van der Waals surface area contributed by atoms with E-state index in [9.17, 15) is 8.42 Å². The minimum atomic E-state index is -3.40. The van der Waals surface area contributed by atoms with Crippen molar-refractivity contribution >= 4 is 9.84 Å². The molecule has 10 heteroatoms. The van der Waals surface area contributed by atoms with E-state index >= 15 is 0 Å². The van der Waals surface area contributed by atoms with E-state index in [4.69, 9.17) is 34.2 Å². The van der Waals surface area contributed by atoms with Gasteiger partial charge in [0, 0.05) is 19.5 Å². The molecule has 0 radical (unpaired) electrons. The molecule has 2 aromatic rings. The van der Waals surface area contributed by atoms with Gasteiger partial charge in [-0.2, -0.15) is 0 Å². The van der Waals surface area contributed by atoms with Crippen molar-refractivity contribution in [2.24, 2.45) is 5.73 Å². The van der Waals surface area contributed by atoms with Crippen LogP contribution in [-0.2, 0) is 24.0 Å². The highest BCUT2D eigenvalue weighted by Gasteiger charge is 2.48. The number of methoxy groups -OCH3 is 3. The quantitative estimate of drug-likeness (QED) is 0.359. The van der Waals surface area contributed by atoms with Gasteiger partial charge in [-0.05, 0) is 61.2 Å². The summed E-state index contributed by atoms with van der Waals surface area (Å²) in [6.07, 6.45) is 1.57. The van der Waals surface area contributed by atoms with Gasteiger partial charge in [-0.25, -0.2) is 8.42 Å². The predicted molar refractivity (Wildman–Crippen MR) is 140 cm³/mol. The third-order valence-electron chi connectivity index (χ3n) is 6.27. The molecule has 1 saturated heterocycles. The van der Waals surface area contributed by atoms with Crippen LogP contribution in [0.5, 0.6) is 17.2 Å². The second kappa shape index (κ2) is 13.4. The first-order valence-corrected chi connectivity index (χ1v) is 14.4. The number of sulfone groups is 1. The van der Waals surface area contributed by atoms with E-state index < -0.39 is 34.3 Å². The zero-order chi connectivity index (χ0) is 27.0. The fourth-order valence-electron chi connectivity index (χ4n) is 4.47. The number of ether oxygens (including phenoxy) is 6. The largest absolute Gasteiger partial charge is 0.493 e. The van der Waals surface area contributed by atoms with Crippen molar-refractivity contribution in [2.75, 3.05) is 47.3 Å². The summed E-state index contributed by atoms with van der Waals surface area (Å²) >= 11 is 0. The van der Waals surface area contributed by atoms with Gasteiger partial charge < -0.3 is 34.2 Å². The van der Waals surface area contributed by atoms with Crippen LogP contribution in [0.4, 0.5) is 0 Å². The fourth-order valence-corrected chi connectivity index (χ4v) is 5.14. The smallest absolute Gasteiger partial charge is 0.203 e. The minimum Gasteiger partial charge on any atom is -0.493 e. The second-order valence-electron chi connectivity index (χ2n) is 8.95. The highest BCUT2D eigenvalue weighted by molar-refractivity contribution is 7.90. The number of rotatable bonds is 14. The van der Waals surface area contributed by atoms with Gasteiger partial charge in [0.2, 0.25) is 5.75 Å². The zero-order valence-corrected chi connectivity index (χ0v) is 23.1. The topological polar surface area (TPSA) is 116 Å². The summed E-state index contributed by atoms with van der Waals surface area (Å²) < 4.78 is 60.5. The summed E-state index contributed by atoms with van der Waals surface area (Å²) in [5, 5.41) is 0. The van der Waals surface area contributed by atoms with Crippen molar-refractivity contribution in [3.8, 4) is 17.2 Å². The van der Waals surface area contributed by atoms with Crippen LogP contribution in [0.2, 0.25) is 0 Å². The van der Waals surface area contributed by atoms with Gasteiger partial charge in [-0.15, -0.1) is 0 Å². The monoisotopic (exact) mass is 537 g/mol. The van der Waals surface area contributed by atoms with E-state index in [0.29, 0.717) is 42.6 Å². The van der Waals surface area contributed by atoms with Crippen molar-refractivity contribution in [2.45, 2.75) is 55.5 Å². The Bertz CT molecular complexity index is 1100. The molecule has 1 heterocycles. The molecule has 37 heavy (non-hydrogen) atoms. The predicted octanol–water partition coefficient (Wildman–Crippen LogP) is 3.85. The lowest BCUT2D eigenvalue weighted by Gasteiger charge is -2.26. The van der Waals surface area contributed by atoms with Crippen molar-refractivity contribution in [3.05, 3.63) is 47.5 Å². The Hall–Kier alpha value is -2.37. The van der Waals surface area contributed by atoms with Crippen molar-refractivity contribution in [1.29, 1.82) is 0 Å². The highest BCUT2D eigenvalue weighted by Crippen LogP contribution is 2.48.